The van der Waals surface area contributed by atoms with E-state index in [4.69, 9.17) is 0 Å². The largest absolute Gasteiger partial charge is 0.256 e. The van der Waals surface area contributed by atoms with Crippen LogP contribution in [0.4, 0.5) is 0 Å². The number of rotatable bonds is 0. The van der Waals surface area contributed by atoms with Crippen LogP contribution in [0.1, 0.15) is 22.4 Å². The number of fused-ring (bicyclic) bond motifs is 3. The predicted octanol–water partition coefficient (Wildman–Crippen LogP) is 4.39. The first-order chi connectivity index (χ1) is 9.83. The summed E-state index contributed by atoms with van der Waals surface area (Å²) in [4.78, 5) is 4.54. The van der Waals surface area contributed by atoms with E-state index >= 15 is 0 Å². The van der Waals surface area contributed by atoms with E-state index in [9.17, 15) is 0 Å². The van der Waals surface area contributed by atoms with Crippen LogP contribution >= 0.6 is 0 Å². The molecular formula is C19H15N. The molecule has 1 aromatic heterocycles. The molecule has 0 N–H and O–H groups in total. The van der Waals surface area contributed by atoms with Gasteiger partial charge in [0.05, 0.1) is 5.69 Å². The fourth-order valence-electron chi connectivity index (χ4n) is 3.08. The molecule has 1 aliphatic carbocycles. The highest BCUT2D eigenvalue weighted by Crippen LogP contribution is 2.33. The number of hydrogen-bond donors (Lipinski definition) is 0. The molecule has 20 heavy (non-hydrogen) atoms. The summed E-state index contributed by atoms with van der Waals surface area (Å²) in [5.41, 5.74) is 6.05. The number of nitrogens with zero attached hydrogens (tertiary/aromatic N) is 1. The summed E-state index contributed by atoms with van der Waals surface area (Å²) in [5, 5.41) is 2.57. The highest BCUT2D eigenvalue weighted by molar-refractivity contribution is 5.91. The van der Waals surface area contributed by atoms with Crippen molar-refractivity contribution in [3.63, 3.8) is 0 Å². The van der Waals surface area contributed by atoms with Gasteiger partial charge < -0.3 is 0 Å². The van der Waals surface area contributed by atoms with Gasteiger partial charge in [0.2, 0.25) is 0 Å². The van der Waals surface area contributed by atoms with Gasteiger partial charge in [0.25, 0.3) is 0 Å². The van der Waals surface area contributed by atoms with Gasteiger partial charge >= 0.3 is 0 Å². The number of aromatic nitrogens is 1. The quantitative estimate of drug-likeness (QED) is 0.582. The van der Waals surface area contributed by atoms with Crippen LogP contribution in [0.25, 0.3) is 16.3 Å². The van der Waals surface area contributed by atoms with Gasteiger partial charge in [0.15, 0.2) is 0 Å². The molecule has 0 amide bonds. The maximum atomic E-state index is 4.54. The highest BCUT2D eigenvalue weighted by Gasteiger charge is 2.17. The van der Waals surface area contributed by atoms with Crippen LogP contribution in [0.5, 0.6) is 0 Å². The van der Waals surface area contributed by atoms with Crippen LogP contribution in [0.3, 0.4) is 0 Å². The third-order valence-corrected chi connectivity index (χ3v) is 4.14. The lowest BCUT2D eigenvalue weighted by atomic mass is 9.95. The van der Waals surface area contributed by atoms with Gasteiger partial charge in [0.1, 0.15) is 0 Å². The summed E-state index contributed by atoms with van der Waals surface area (Å²) in [6.45, 7) is 4.30. The number of hydrogen-bond acceptors (Lipinski definition) is 1. The van der Waals surface area contributed by atoms with Gasteiger partial charge in [-0.1, -0.05) is 43.0 Å². The van der Waals surface area contributed by atoms with Crippen molar-refractivity contribution in [2.75, 3.05) is 0 Å². The zero-order valence-corrected chi connectivity index (χ0v) is 11.3. The van der Waals surface area contributed by atoms with Crippen LogP contribution < -0.4 is 0 Å². The second-order valence-corrected chi connectivity index (χ2v) is 5.35. The Morgan fingerprint density at radius 2 is 1.60 bits per heavy atom. The number of pyridine rings is 1. The lowest BCUT2D eigenvalue weighted by Gasteiger charge is -2.10. The molecule has 96 valence electrons. The van der Waals surface area contributed by atoms with Crippen LogP contribution in [0, 0.1) is 0 Å². The minimum Gasteiger partial charge on any atom is -0.256 e. The van der Waals surface area contributed by atoms with Crippen LogP contribution in [0.15, 0.2) is 61.3 Å². The van der Waals surface area contributed by atoms with Crippen LogP contribution in [-0.2, 0) is 12.8 Å². The van der Waals surface area contributed by atoms with Gasteiger partial charge in [-0.2, -0.15) is 0 Å². The molecule has 0 spiro atoms. The SMILES string of the molecule is C=C1c2cc3ccccc3cc2CCc2cccnc21. The molecule has 0 aliphatic heterocycles. The fraction of sp³-hybridized carbons (Fsp3) is 0.105. The van der Waals surface area contributed by atoms with E-state index in [1.165, 1.54) is 27.5 Å². The van der Waals surface area contributed by atoms with Crippen LogP contribution in [-0.4, -0.2) is 4.98 Å². The summed E-state index contributed by atoms with van der Waals surface area (Å²) in [6.07, 6.45) is 3.95. The van der Waals surface area contributed by atoms with E-state index in [0.29, 0.717) is 0 Å². The third kappa shape index (κ3) is 1.67. The van der Waals surface area contributed by atoms with E-state index < -0.39 is 0 Å². The van der Waals surface area contributed by atoms with Crippen molar-refractivity contribution in [2.45, 2.75) is 12.8 Å². The molecule has 1 aliphatic rings. The Hall–Kier alpha value is -2.41. The minimum absolute atomic E-state index is 1.04. The Morgan fingerprint density at radius 1 is 0.850 bits per heavy atom. The molecule has 1 heteroatoms. The Morgan fingerprint density at radius 3 is 2.45 bits per heavy atom. The fourth-order valence-corrected chi connectivity index (χ4v) is 3.08. The first kappa shape index (κ1) is 11.4. The summed E-state index contributed by atoms with van der Waals surface area (Å²) in [7, 11) is 0. The van der Waals surface area contributed by atoms with Crippen molar-refractivity contribution < 1.29 is 0 Å². The van der Waals surface area contributed by atoms with E-state index in [0.717, 1.165) is 24.1 Å². The molecular weight excluding hydrogens is 242 g/mol. The van der Waals surface area contributed by atoms with Crippen molar-refractivity contribution in [1.82, 2.24) is 4.98 Å². The predicted molar refractivity (Wildman–Crippen MR) is 83.7 cm³/mol. The molecule has 1 nitrogen and oxygen atoms in total. The molecule has 0 atom stereocenters. The third-order valence-electron chi connectivity index (χ3n) is 4.14. The average molecular weight is 257 g/mol. The molecule has 3 aromatic rings. The molecule has 4 rings (SSSR count). The molecule has 0 fully saturated rings. The van der Waals surface area contributed by atoms with E-state index in [2.05, 4.69) is 54.0 Å². The van der Waals surface area contributed by atoms with Gasteiger partial charge in [0, 0.05) is 11.8 Å². The average Bonchev–Trinajstić information content (AvgIpc) is 2.64. The van der Waals surface area contributed by atoms with Gasteiger partial charge in [-0.3, -0.25) is 4.98 Å². The number of aryl methyl sites for hydroxylation is 2. The van der Waals surface area contributed by atoms with Gasteiger partial charge in [-0.05, 0) is 52.4 Å². The van der Waals surface area contributed by atoms with Gasteiger partial charge in [-0.25, -0.2) is 0 Å². The normalized spacial score (nSPS) is 13.7. The maximum absolute atomic E-state index is 4.54. The standard InChI is InChI=1S/C19H15N/c1-13-18-12-16-6-3-2-5-15(16)11-17(18)9-8-14-7-4-10-20-19(13)14/h2-7,10-12H,1,8-9H2. The van der Waals surface area contributed by atoms with Crippen molar-refractivity contribution in [3.05, 3.63) is 83.7 Å². The Balaban J connectivity index is 1.99. The highest BCUT2D eigenvalue weighted by atomic mass is 14.7. The first-order valence-electron chi connectivity index (χ1n) is 6.98. The monoisotopic (exact) mass is 257 g/mol. The lowest BCUT2D eigenvalue weighted by molar-refractivity contribution is 0.957. The van der Waals surface area contributed by atoms with E-state index in [-0.39, 0.29) is 0 Å². The lowest BCUT2D eigenvalue weighted by Crippen LogP contribution is -1.94. The molecule has 1 heterocycles. The van der Waals surface area contributed by atoms with Crippen LogP contribution in [0.2, 0.25) is 0 Å². The summed E-state index contributed by atoms with van der Waals surface area (Å²) in [6, 6.07) is 17.3. The molecule has 0 saturated heterocycles. The van der Waals surface area contributed by atoms with E-state index in [1.54, 1.807) is 0 Å². The topological polar surface area (TPSA) is 12.9 Å². The molecule has 0 radical (unpaired) electrons. The Bertz CT molecular complexity index is 830. The Kier molecular flexibility index (Phi) is 2.46. The van der Waals surface area contributed by atoms with Crippen molar-refractivity contribution >= 4 is 16.3 Å². The molecule has 0 unspecified atom stereocenters. The number of benzene rings is 2. The van der Waals surface area contributed by atoms with E-state index in [1.807, 2.05) is 12.3 Å². The second kappa shape index (κ2) is 4.31. The summed E-state index contributed by atoms with van der Waals surface area (Å²) >= 11 is 0. The van der Waals surface area contributed by atoms with Crippen molar-refractivity contribution in [2.24, 2.45) is 0 Å². The Labute approximate surface area is 118 Å². The molecule has 2 aromatic carbocycles. The molecule has 0 bridgehead atoms. The zero-order chi connectivity index (χ0) is 13.5. The minimum atomic E-state index is 1.04. The zero-order valence-electron chi connectivity index (χ0n) is 11.3. The summed E-state index contributed by atoms with van der Waals surface area (Å²) < 4.78 is 0. The second-order valence-electron chi connectivity index (χ2n) is 5.35. The first-order valence-corrected chi connectivity index (χ1v) is 6.98. The van der Waals surface area contributed by atoms with Gasteiger partial charge in [-0.15, -0.1) is 0 Å². The van der Waals surface area contributed by atoms with Crippen molar-refractivity contribution in [3.8, 4) is 0 Å². The maximum Gasteiger partial charge on any atom is 0.0734 e. The molecule has 0 saturated carbocycles. The summed E-state index contributed by atoms with van der Waals surface area (Å²) in [5.74, 6) is 0. The van der Waals surface area contributed by atoms with Crippen molar-refractivity contribution in [1.29, 1.82) is 0 Å². The smallest absolute Gasteiger partial charge is 0.0734 e.